The van der Waals surface area contributed by atoms with E-state index in [1.165, 1.54) is 5.56 Å². The number of hydrogen-bond donors (Lipinski definition) is 1. The summed E-state index contributed by atoms with van der Waals surface area (Å²) in [5.41, 5.74) is 4.76. The number of fused-ring (bicyclic) bond motifs is 1. The Bertz CT molecular complexity index is 1330. The largest absolute Gasteiger partial charge is 0.496 e. The van der Waals surface area contributed by atoms with Crippen LogP contribution in [0.2, 0.25) is 0 Å². The van der Waals surface area contributed by atoms with Gasteiger partial charge in [-0.05, 0) is 43.2 Å². The van der Waals surface area contributed by atoms with E-state index in [1.807, 2.05) is 37.5 Å². The van der Waals surface area contributed by atoms with Gasteiger partial charge in [0.05, 0.1) is 19.3 Å². The second-order valence-electron chi connectivity index (χ2n) is 8.28. The number of aromatic nitrogens is 5. The average Bonchev–Trinajstić information content (AvgIpc) is 3.24. The molecule has 1 aromatic carbocycles. The molecular weight excluding hydrogens is 416 g/mol. The highest BCUT2D eigenvalue weighted by Crippen LogP contribution is 2.24. The Labute approximate surface area is 191 Å². The highest BCUT2D eigenvalue weighted by atomic mass is 16.5. The van der Waals surface area contributed by atoms with Crippen LogP contribution in [0.1, 0.15) is 28.2 Å². The zero-order valence-electron chi connectivity index (χ0n) is 18.8. The second-order valence-corrected chi connectivity index (χ2v) is 8.28. The van der Waals surface area contributed by atoms with Crippen LogP contribution in [-0.2, 0) is 26.1 Å². The van der Waals surface area contributed by atoms with Crippen LogP contribution >= 0.6 is 0 Å². The first-order chi connectivity index (χ1) is 16.1. The first-order valence-electron chi connectivity index (χ1n) is 11.0. The monoisotopic (exact) mass is 442 g/mol. The molecule has 0 unspecified atom stereocenters. The molecule has 0 aliphatic carbocycles. The van der Waals surface area contributed by atoms with E-state index in [-0.39, 0.29) is 5.56 Å². The molecule has 0 radical (unpaired) electrons. The van der Waals surface area contributed by atoms with Crippen LogP contribution in [0.15, 0.2) is 59.9 Å². The van der Waals surface area contributed by atoms with Crippen molar-refractivity contribution < 1.29 is 4.74 Å². The fraction of sp³-hybridized carbons (Fsp3) is 0.280. The molecule has 168 valence electrons. The summed E-state index contributed by atoms with van der Waals surface area (Å²) in [4.78, 5) is 31.1. The van der Waals surface area contributed by atoms with E-state index in [1.54, 1.807) is 19.5 Å². The van der Waals surface area contributed by atoms with E-state index in [0.29, 0.717) is 25.3 Å². The van der Waals surface area contributed by atoms with Gasteiger partial charge in [0.2, 0.25) is 0 Å². The molecule has 1 aliphatic rings. The third-order valence-corrected chi connectivity index (χ3v) is 6.12. The van der Waals surface area contributed by atoms with Crippen LogP contribution in [0.4, 0.5) is 0 Å². The zero-order valence-corrected chi connectivity index (χ0v) is 18.8. The lowest BCUT2D eigenvalue weighted by Crippen LogP contribution is -2.35. The summed E-state index contributed by atoms with van der Waals surface area (Å²) in [6, 6.07) is 10.0. The van der Waals surface area contributed by atoms with Gasteiger partial charge in [-0.2, -0.15) is 0 Å². The van der Waals surface area contributed by atoms with Gasteiger partial charge in [-0.1, -0.05) is 6.07 Å². The van der Waals surface area contributed by atoms with E-state index in [9.17, 15) is 4.79 Å². The van der Waals surface area contributed by atoms with E-state index in [2.05, 4.69) is 36.6 Å². The number of aryl methyl sites for hydroxylation is 1. The van der Waals surface area contributed by atoms with Crippen molar-refractivity contribution in [3.8, 4) is 17.1 Å². The van der Waals surface area contributed by atoms with Crippen molar-refractivity contribution in [2.75, 3.05) is 13.7 Å². The average molecular weight is 443 g/mol. The Morgan fingerprint density at radius 2 is 1.97 bits per heavy atom. The molecule has 0 bridgehead atoms. The normalized spacial score (nSPS) is 13.6. The Morgan fingerprint density at radius 3 is 2.73 bits per heavy atom. The summed E-state index contributed by atoms with van der Waals surface area (Å²) < 4.78 is 7.70. The highest BCUT2D eigenvalue weighted by molar-refractivity contribution is 5.54. The van der Waals surface area contributed by atoms with Gasteiger partial charge in [0.25, 0.3) is 5.56 Å². The molecule has 4 heterocycles. The number of aromatic amines is 1. The van der Waals surface area contributed by atoms with Gasteiger partial charge in [-0.15, -0.1) is 0 Å². The Morgan fingerprint density at radius 1 is 1.12 bits per heavy atom. The van der Waals surface area contributed by atoms with Gasteiger partial charge < -0.3 is 14.3 Å². The molecule has 8 heteroatoms. The lowest BCUT2D eigenvalue weighted by molar-refractivity contribution is 0.240. The minimum absolute atomic E-state index is 0.0473. The molecule has 0 amide bonds. The van der Waals surface area contributed by atoms with E-state index in [4.69, 9.17) is 9.72 Å². The van der Waals surface area contributed by atoms with Gasteiger partial charge in [-0.25, -0.2) is 9.97 Å². The van der Waals surface area contributed by atoms with Crippen LogP contribution in [0, 0.1) is 6.92 Å². The number of benzene rings is 1. The Kier molecular flexibility index (Phi) is 5.75. The summed E-state index contributed by atoms with van der Waals surface area (Å²) in [6.45, 7) is 4.93. The standard InChI is InChI=1S/C25H26N6O2/c1-17-27-10-12-31(17)15-20-13-18(3-4-23(20)33-2)14-30-11-7-21-22(16-30)28-24(29-25(21)32)19-5-8-26-9-6-19/h3-6,8-10,12-13H,7,11,14-16H2,1-2H3,(H,28,29,32). The maximum absolute atomic E-state index is 12.7. The first kappa shape index (κ1) is 21.1. The van der Waals surface area contributed by atoms with Crippen LogP contribution < -0.4 is 10.3 Å². The fourth-order valence-corrected chi connectivity index (χ4v) is 4.34. The van der Waals surface area contributed by atoms with E-state index in [0.717, 1.165) is 47.0 Å². The van der Waals surface area contributed by atoms with Crippen molar-refractivity contribution in [2.45, 2.75) is 33.0 Å². The summed E-state index contributed by atoms with van der Waals surface area (Å²) >= 11 is 0. The number of ether oxygens (including phenoxy) is 1. The molecule has 5 rings (SSSR count). The molecule has 1 aliphatic heterocycles. The Balaban J connectivity index is 1.37. The van der Waals surface area contributed by atoms with E-state index < -0.39 is 0 Å². The van der Waals surface area contributed by atoms with Gasteiger partial charge in [0, 0.05) is 61.1 Å². The minimum atomic E-state index is -0.0473. The smallest absolute Gasteiger partial charge is 0.254 e. The summed E-state index contributed by atoms with van der Waals surface area (Å²) in [5, 5.41) is 0. The molecule has 33 heavy (non-hydrogen) atoms. The molecule has 0 fully saturated rings. The topological polar surface area (TPSA) is 88.9 Å². The molecular formula is C25H26N6O2. The molecule has 4 aromatic rings. The van der Waals surface area contributed by atoms with Crippen LogP contribution in [0.5, 0.6) is 5.75 Å². The summed E-state index contributed by atoms with van der Waals surface area (Å²) in [7, 11) is 1.70. The predicted molar refractivity (Wildman–Crippen MR) is 125 cm³/mol. The number of hydrogen-bond acceptors (Lipinski definition) is 6. The van der Waals surface area contributed by atoms with E-state index >= 15 is 0 Å². The number of nitrogens with zero attached hydrogens (tertiary/aromatic N) is 5. The SMILES string of the molecule is COc1ccc(CN2CCc3c(nc(-c4ccncc4)[nH]c3=O)C2)cc1Cn1ccnc1C. The summed E-state index contributed by atoms with van der Waals surface area (Å²) in [6.07, 6.45) is 7.88. The summed E-state index contributed by atoms with van der Waals surface area (Å²) in [5.74, 6) is 2.42. The second kappa shape index (κ2) is 8.99. The first-order valence-corrected chi connectivity index (χ1v) is 11.0. The molecule has 8 nitrogen and oxygen atoms in total. The number of H-pyrrole nitrogens is 1. The lowest BCUT2D eigenvalue weighted by Gasteiger charge is -2.28. The van der Waals surface area contributed by atoms with Crippen molar-refractivity contribution in [2.24, 2.45) is 0 Å². The van der Waals surface area contributed by atoms with Crippen LogP contribution in [-0.4, -0.2) is 43.1 Å². The number of imidazole rings is 1. The van der Waals surface area contributed by atoms with Crippen molar-refractivity contribution in [3.05, 3.63) is 93.7 Å². The van der Waals surface area contributed by atoms with Crippen molar-refractivity contribution in [3.63, 3.8) is 0 Å². The fourth-order valence-electron chi connectivity index (χ4n) is 4.34. The number of nitrogens with one attached hydrogen (secondary N) is 1. The van der Waals surface area contributed by atoms with Gasteiger partial charge in [0.1, 0.15) is 17.4 Å². The van der Waals surface area contributed by atoms with Crippen molar-refractivity contribution >= 4 is 0 Å². The number of pyridine rings is 1. The maximum atomic E-state index is 12.7. The number of rotatable bonds is 6. The third-order valence-electron chi connectivity index (χ3n) is 6.12. The quantitative estimate of drug-likeness (QED) is 0.494. The molecule has 0 spiro atoms. The zero-order chi connectivity index (χ0) is 22.8. The third kappa shape index (κ3) is 4.42. The Hall–Kier alpha value is -3.78. The molecule has 0 saturated heterocycles. The lowest BCUT2D eigenvalue weighted by atomic mass is 10.0. The van der Waals surface area contributed by atoms with Crippen molar-refractivity contribution in [1.82, 2.24) is 29.4 Å². The minimum Gasteiger partial charge on any atom is -0.496 e. The molecule has 0 saturated carbocycles. The molecule has 1 N–H and O–H groups in total. The van der Waals surface area contributed by atoms with Crippen molar-refractivity contribution in [1.29, 1.82) is 0 Å². The highest BCUT2D eigenvalue weighted by Gasteiger charge is 2.22. The van der Waals surface area contributed by atoms with Gasteiger partial charge >= 0.3 is 0 Å². The van der Waals surface area contributed by atoms with Gasteiger partial charge in [0.15, 0.2) is 0 Å². The molecule has 3 aromatic heterocycles. The van der Waals surface area contributed by atoms with Crippen LogP contribution in [0.25, 0.3) is 11.4 Å². The van der Waals surface area contributed by atoms with Gasteiger partial charge in [-0.3, -0.25) is 14.7 Å². The number of methoxy groups -OCH3 is 1. The van der Waals surface area contributed by atoms with Crippen LogP contribution in [0.3, 0.4) is 0 Å². The predicted octanol–water partition coefficient (Wildman–Crippen LogP) is 2.95. The maximum Gasteiger partial charge on any atom is 0.254 e. The molecule has 0 atom stereocenters.